The Morgan fingerprint density at radius 1 is 1.33 bits per heavy atom. The monoisotopic (exact) mass is 256 g/mol. The van der Waals surface area contributed by atoms with E-state index in [1.54, 1.807) is 0 Å². The number of hydrogen-bond acceptors (Lipinski definition) is 5. The van der Waals surface area contributed by atoms with Crippen molar-refractivity contribution in [2.75, 3.05) is 0 Å². The van der Waals surface area contributed by atoms with Crippen molar-refractivity contribution >= 4 is 5.97 Å². The van der Waals surface area contributed by atoms with Gasteiger partial charge in [0.2, 0.25) is 0 Å². The molecule has 0 aromatic carbocycles. The van der Waals surface area contributed by atoms with E-state index in [0.717, 1.165) is 6.42 Å². The van der Waals surface area contributed by atoms with Crippen LogP contribution in [-0.4, -0.2) is 58.4 Å². The zero-order valence-electron chi connectivity index (χ0n) is 9.82. The van der Waals surface area contributed by atoms with Gasteiger partial charge in [-0.05, 0) is 12.8 Å². The van der Waals surface area contributed by atoms with Gasteiger partial charge in [0.15, 0.2) is 0 Å². The minimum Gasteiger partial charge on any atom is -0.481 e. The maximum atomic E-state index is 10.8. The summed E-state index contributed by atoms with van der Waals surface area (Å²) in [7, 11) is 0. The first-order valence-corrected chi connectivity index (χ1v) is 6.49. The molecule has 3 unspecified atom stereocenters. The van der Waals surface area contributed by atoms with E-state index in [2.05, 4.69) is 0 Å². The molecule has 1 saturated carbocycles. The van der Waals surface area contributed by atoms with Crippen LogP contribution in [0.4, 0.5) is 0 Å². The van der Waals surface area contributed by atoms with Crippen LogP contribution >= 0.6 is 0 Å². The van der Waals surface area contributed by atoms with Crippen LogP contribution in [0.1, 0.15) is 25.7 Å². The first-order chi connectivity index (χ1) is 8.60. The fourth-order valence-electron chi connectivity index (χ4n) is 3.86. The van der Waals surface area contributed by atoms with Gasteiger partial charge in [-0.15, -0.1) is 0 Å². The van der Waals surface area contributed by atoms with E-state index in [0.29, 0.717) is 12.8 Å². The molecule has 6 nitrogen and oxygen atoms in total. The molecular formula is C12H16O6. The second-order valence-corrected chi connectivity index (χ2v) is 5.75. The Morgan fingerprint density at radius 3 is 2.94 bits per heavy atom. The molecule has 1 spiro atoms. The predicted octanol–water partition coefficient (Wildman–Crippen LogP) is -0.322. The molecule has 4 aliphatic rings. The quantitative estimate of drug-likeness (QED) is 0.658. The number of fused-ring (bicyclic) bond motifs is 2. The van der Waals surface area contributed by atoms with E-state index in [4.69, 9.17) is 19.3 Å². The van der Waals surface area contributed by atoms with Gasteiger partial charge in [0.25, 0.3) is 0 Å². The van der Waals surface area contributed by atoms with Crippen LogP contribution in [0, 0.1) is 0 Å². The van der Waals surface area contributed by atoms with Gasteiger partial charge >= 0.3 is 5.97 Å². The summed E-state index contributed by atoms with van der Waals surface area (Å²) in [5.74, 6) is -0.838. The Balaban J connectivity index is 1.59. The first-order valence-electron chi connectivity index (χ1n) is 6.49. The number of hydrogen-bond donors (Lipinski definition) is 2. The Hall–Kier alpha value is -0.690. The average Bonchev–Trinajstić information content (AvgIpc) is 3.03. The van der Waals surface area contributed by atoms with E-state index in [9.17, 15) is 9.90 Å². The van der Waals surface area contributed by atoms with Gasteiger partial charge in [-0.1, -0.05) is 0 Å². The van der Waals surface area contributed by atoms with Gasteiger partial charge < -0.3 is 24.4 Å². The summed E-state index contributed by atoms with van der Waals surface area (Å²) in [6.45, 7) is 0. The molecule has 18 heavy (non-hydrogen) atoms. The molecule has 2 N–H and O–H groups in total. The summed E-state index contributed by atoms with van der Waals surface area (Å²) in [6, 6.07) is 0. The molecule has 4 fully saturated rings. The Labute approximate surface area is 104 Å². The van der Waals surface area contributed by atoms with Gasteiger partial charge in [0.05, 0.1) is 24.7 Å². The molecular weight excluding hydrogens is 240 g/mol. The lowest BCUT2D eigenvalue weighted by atomic mass is 9.77. The van der Waals surface area contributed by atoms with Crippen molar-refractivity contribution in [2.45, 2.75) is 67.9 Å². The van der Waals surface area contributed by atoms with Crippen molar-refractivity contribution in [3.8, 4) is 0 Å². The maximum Gasteiger partial charge on any atom is 0.305 e. The molecule has 7 atom stereocenters. The molecule has 0 amide bonds. The summed E-state index contributed by atoms with van der Waals surface area (Å²) in [5, 5.41) is 18.8. The smallest absolute Gasteiger partial charge is 0.305 e. The van der Waals surface area contributed by atoms with Crippen LogP contribution in [0.5, 0.6) is 0 Å². The fourth-order valence-corrected chi connectivity index (χ4v) is 3.86. The standard InChI is InChI=1S/C12H16O6/c13-8(14)3-5-1-2-7-12(18-5)4-6(16-7)9(15)10-11(12)17-10/h5-7,9-11,15H,1-4H2,(H,13,14)/t5?,6-,7?,9+,10+,11+,12?/m1/s1. The third kappa shape index (κ3) is 1.34. The lowest BCUT2D eigenvalue weighted by Crippen LogP contribution is -2.55. The third-order valence-electron chi connectivity index (χ3n) is 4.67. The number of epoxide rings is 1. The van der Waals surface area contributed by atoms with Crippen LogP contribution in [0.15, 0.2) is 0 Å². The molecule has 3 heterocycles. The summed E-state index contributed by atoms with van der Waals surface area (Å²) < 4.78 is 17.4. The van der Waals surface area contributed by atoms with Crippen molar-refractivity contribution in [1.29, 1.82) is 0 Å². The van der Waals surface area contributed by atoms with Gasteiger partial charge in [0, 0.05) is 6.42 Å². The Kier molecular flexibility index (Phi) is 2.14. The molecule has 0 radical (unpaired) electrons. The van der Waals surface area contributed by atoms with Crippen molar-refractivity contribution in [3.63, 3.8) is 0 Å². The zero-order chi connectivity index (χ0) is 12.5. The van der Waals surface area contributed by atoms with Crippen LogP contribution in [0.2, 0.25) is 0 Å². The first kappa shape index (κ1) is 11.2. The highest BCUT2D eigenvalue weighted by molar-refractivity contribution is 5.67. The number of aliphatic hydroxyl groups is 1. The highest BCUT2D eigenvalue weighted by atomic mass is 16.7. The summed E-state index contributed by atoms with van der Waals surface area (Å²) in [5.41, 5.74) is -0.507. The Morgan fingerprint density at radius 2 is 2.17 bits per heavy atom. The lowest BCUT2D eigenvalue weighted by molar-refractivity contribution is -0.181. The van der Waals surface area contributed by atoms with Gasteiger partial charge in [-0.3, -0.25) is 4.79 Å². The van der Waals surface area contributed by atoms with E-state index in [1.165, 1.54) is 0 Å². The Bertz CT molecular complexity index is 398. The topological polar surface area (TPSA) is 88.5 Å². The van der Waals surface area contributed by atoms with Crippen molar-refractivity contribution in [3.05, 3.63) is 0 Å². The van der Waals surface area contributed by atoms with Crippen molar-refractivity contribution in [2.24, 2.45) is 0 Å². The highest BCUT2D eigenvalue weighted by Crippen LogP contribution is 2.56. The molecule has 3 aliphatic heterocycles. The predicted molar refractivity (Wildman–Crippen MR) is 57.0 cm³/mol. The van der Waals surface area contributed by atoms with Gasteiger partial charge in [-0.25, -0.2) is 0 Å². The number of carboxylic acids is 1. The minimum atomic E-state index is -0.838. The number of carboxylic acid groups (broad SMARTS) is 1. The van der Waals surface area contributed by atoms with E-state index < -0.39 is 17.7 Å². The maximum absolute atomic E-state index is 10.8. The second-order valence-electron chi connectivity index (χ2n) is 5.75. The molecule has 100 valence electrons. The number of aliphatic carboxylic acids is 1. The summed E-state index contributed by atoms with van der Waals surface area (Å²) in [4.78, 5) is 10.8. The SMILES string of the molecule is O=C(O)CC1CCC2O[C@@H]3CC2(O1)[C@H]1O[C@H]1[C@H]3O. The van der Waals surface area contributed by atoms with Gasteiger partial charge in [-0.2, -0.15) is 0 Å². The lowest BCUT2D eigenvalue weighted by Gasteiger charge is -2.41. The van der Waals surface area contributed by atoms with Crippen LogP contribution in [0.3, 0.4) is 0 Å². The molecule has 2 bridgehead atoms. The number of ether oxygens (including phenoxy) is 3. The average molecular weight is 256 g/mol. The third-order valence-corrected chi connectivity index (χ3v) is 4.67. The fraction of sp³-hybridized carbons (Fsp3) is 0.917. The summed E-state index contributed by atoms with van der Waals surface area (Å²) in [6.07, 6.45) is 0.725. The molecule has 6 heteroatoms. The molecule has 4 rings (SSSR count). The van der Waals surface area contributed by atoms with Gasteiger partial charge in [0.1, 0.15) is 23.9 Å². The zero-order valence-corrected chi connectivity index (χ0v) is 9.82. The molecule has 0 aromatic heterocycles. The van der Waals surface area contributed by atoms with Crippen LogP contribution in [-0.2, 0) is 19.0 Å². The van der Waals surface area contributed by atoms with Crippen LogP contribution < -0.4 is 0 Å². The second kappa shape index (κ2) is 3.45. The summed E-state index contributed by atoms with van der Waals surface area (Å²) >= 11 is 0. The largest absolute Gasteiger partial charge is 0.481 e. The normalized spacial score (nSPS) is 56.7. The van der Waals surface area contributed by atoms with E-state index in [-0.39, 0.29) is 36.9 Å². The van der Waals surface area contributed by atoms with E-state index >= 15 is 0 Å². The van der Waals surface area contributed by atoms with E-state index in [1.807, 2.05) is 0 Å². The molecule has 1 aliphatic carbocycles. The van der Waals surface area contributed by atoms with Crippen LogP contribution in [0.25, 0.3) is 0 Å². The number of rotatable bonds is 2. The molecule has 3 saturated heterocycles. The minimum absolute atomic E-state index is 0.0269. The van der Waals surface area contributed by atoms with Crippen molar-refractivity contribution < 1.29 is 29.2 Å². The number of carbonyl (C=O) groups is 1. The highest BCUT2D eigenvalue weighted by Gasteiger charge is 2.73. The number of aliphatic hydroxyl groups excluding tert-OH is 1. The molecule has 0 aromatic rings. The van der Waals surface area contributed by atoms with Crippen molar-refractivity contribution in [1.82, 2.24) is 0 Å².